The molecule has 0 aliphatic carbocycles. The van der Waals surface area contributed by atoms with Gasteiger partial charge < -0.3 is 15.3 Å². The van der Waals surface area contributed by atoms with E-state index in [1.165, 1.54) is 18.2 Å². The van der Waals surface area contributed by atoms with Crippen LogP contribution in [-0.2, 0) is 0 Å². The first-order chi connectivity index (χ1) is 21.9. The Morgan fingerprint density at radius 3 is 0.956 bits per heavy atom. The van der Waals surface area contributed by atoms with E-state index in [0.717, 1.165) is 0 Å². The van der Waals surface area contributed by atoms with Crippen LogP contribution < -0.4 is 0 Å². The fourth-order valence-electron chi connectivity index (χ4n) is 5.58. The number of phenolic OH excluding ortho intramolecular Hbond substituents is 3. The number of nitrogens with zero attached hydrogens (tertiary/aromatic N) is 6. The molecule has 0 aliphatic rings. The molecule has 0 saturated heterocycles. The summed E-state index contributed by atoms with van der Waals surface area (Å²) in [6, 6.07) is 30.9. The molecular formula is C36H18N6O3. The minimum absolute atomic E-state index is 0.0536. The lowest BCUT2D eigenvalue weighted by molar-refractivity contribution is 0.477. The summed E-state index contributed by atoms with van der Waals surface area (Å²) in [7, 11) is 0. The maximum atomic E-state index is 11.2. The van der Waals surface area contributed by atoms with Gasteiger partial charge in [0.2, 0.25) is 0 Å². The van der Waals surface area contributed by atoms with Crippen molar-refractivity contribution in [3.63, 3.8) is 0 Å². The van der Waals surface area contributed by atoms with E-state index < -0.39 is 0 Å². The number of hydrogen-bond acceptors (Lipinski definition) is 9. The van der Waals surface area contributed by atoms with E-state index in [1.807, 2.05) is 0 Å². The van der Waals surface area contributed by atoms with Crippen LogP contribution >= 0.6 is 0 Å². The highest BCUT2D eigenvalue weighted by Crippen LogP contribution is 2.42. The second-order valence-electron chi connectivity index (χ2n) is 10.3. The van der Waals surface area contributed by atoms with E-state index in [4.69, 9.17) is 15.0 Å². The summed E-state index contributed by atoms with van der Waals surface area (Å²) in [4.78, 5) is 14.2. The van der Waals surface area contributed by atoms with Gasteiger partial charge in [-0.2, -0.15) is 15.8 Å². The molecular weight excluding hydrogens is 564 g/mol. The van der Waals surface area contributed by atoms with E-state index in [-0.39, 0.29) is 51.4 Å². The van der Waals surface area contributed by atoms with Gasteiger partial charge in [-0.1, -0.05) is 36.4 Å². The van der Waals surface area contributed by atoms with Crippen molar-refractivity contribution in [1.82, 2.24) is 15.0 Å². The summed E-state index contributed by atoms with van der Waals surface area (Å²) < 4.78 is 0. The number of aromatic hydroxyl groups is 3. The van der Waals surface area contributed by atoms with Crippen molar-refractivity contribution >= 4 is 32.3 Å². The van der Waals surface area contributed by atoms with Gasteiger partial charge in [-0.3, -0.25) is 0 Å². The monoisotopic (exact) mass is 582 g/mol. The molecule has 7 aromatic rings. The highest BCUT2D eigenvalue weighted by Gasteiger charge is 2.23. The predicted molar refractivity (Wildman–Crippen MR) is 168 cm³/mol. The molecule has 7 rings (SSSR count). The van der Waals surface area contributed by atoms with Crippen molar-refractivity contribution in [2.75, 3.05) is 0 Å². The molecule has 0 fully saturated rings. The van der Waals surface area contributed by atoms with Gasteiger partial charge in [0.1, 0.15) is 17.2 Å². The second-order valence-corrected chi connectivity index (χ2v) is 10.3. The number of phenols is 3. The van der Waals surface area contributed by atoms with Gasteiger partial charge in [0.25, 0.3) is 0 Å². The Bertz CT molecular complexity index is 2230. The summed E-state index contributed by atoms with van der Waals surface area (Å²) in [5, 5.41) is 65.5. The summed E-state index contributed by atoms with van der Waals surface area (Å²) in [5.74, 6) is -0.223. The van der Waals surface area contributed by atoms with Gasteiger partial charge >= 0.3 is 0 Å². The third kappa shape index (κ3) is 4.44. The van der Waals surface area contributed by atoms with Crippen molar-refractivity contribution in [3.8, 4) is 69.6 Å². The first kappa shape index (κ1) is 26.9. The number of nitriles is 3. The molecule has 0 saturated carbocycles. The fraction of sp³-hybridized carbons (Fsp3) is 0. The Kier molecular flexibility index (Phi) is 6.18. The van der Waals surface area contributed by atoms with Crippen molar-refractivity contribution in [2.45, 2.75) is 0 Å². The van der Waals surface area contributed by atoms with E-state index in [0.29, 0.717) is 49.0 Å². The van der Waals surface area contributed by atoms with Gasteiger partial charge in [-0.15, -0.1) is 0 Å². The molecule has 0 unspecified atom stereocenters. The maximum absolute atomic E-state index is 11.2. The lowest BCUT2D eigenvalue weighted by Gasteiger charge is -2.15. The van der Waals surface area contributed by atoms with Gasteiger partial charge in [0.05, 0.1) is 51.6 Å². The van der Waals surface area contributed by atoms with Crippen LogP contribution in [0.1, 0.15) is 16.7 Å². The van der Waals surface area contributed by atoms with E-state index >= 15 is 0 Å². The Hall–Kier alpha value is -7.02. The molecule has 0 aliphatic heterocycles. The van der Waals surface area contributed by atoms with Crippen LogP contribution in [0.2, 0.25) is 0 Å². The smallest absolute Gasteiger partial charge is 0.168 e. The van der Waals surface area contributed by atoms with Gasteiger partial charge in [0, 0.05) is 0 Å². The molecule has 0 amide bonds. The molecule has 210 valence electrons. The molecule has 9 heteroatoms. The third-order valence-electron chi connectivity index (χ3n) is 7.69. The second kappa shape index (κ2) is 10.4. The molecule has 0 radical (unpaired) electrons. The normalized spacial score (nSPS) is 10.9. The SMILES string of the molecule is N#Cc1ccc2c(-c3nc(-c4c(O)ccc5cc(C#N)ccc45)nc(-c4c(O)ccc5cc(C#N)ccc45)n3)c(O)ccc2c1. The van der Waals surface area contributed by atoms with Crippen molar-refractivity contribution in [3.05, 3.63) is 108 Å². The summed E-state index contributed by atoms with van der Waals surface area (Å²) in [6.07, 6.45) is 0. The number of hydrogen-bond donors (Lipinski definition) is 3. The number of fused-ring (bicyclic) bond motifs is 3. The molecule has 0 spiro atoms. The lowest BCUT2D eigenvalue weighted by Crippen LogP contribution is -2.02. The van der Waals surface area contributed by atoms with E-state index in [9.17, 15) is 31.1 Å². The van der Waals surface area contributed by atoms with Crippen LogP contribution in [0, 0.1) is 34.0 Å². The molecule has 0 bridgehead atoms. The van der Waals surface area contributed by atoms with Crippen LogP contribution in [0.3, 0.4) is 0 Å². The molecule has 1 aromatic heterocycles. The predicted octanol–water partition coefficient (Wildman–Crippen LogP) is 7.06. The Labute approximate surface area is 255 Å². The average Bonchev–Trinajstić information content (AvgIpc) is 3.07. The highest BCUT2D eigenvalue weighted by molar-refractivity contribution is 6.03. The van der Waals surface area contributed by atoms with E-state index in [1.54, 1.807) is 72.8 Å². The first-order valence-corrected chi connectivity index (χ1v) is 13.6. The molecule has 3 N–H and O–H groups in total. The quantitative estimate of drug-likeness (QED) is 0.197. The fourth-order valence-corrected chi connectivity index (χ4v) is 5.58. The molecule has 45 heavy (non-hydrogen) atoms. The molecule has 9 nitrogen and oxygen atoms in total. The van der Waals surface area contributed by atoms with Crippen LogP contribution in [0.15, 0.2) is 91.0 Å². The summed E-state index contributed by atoms with van der Waals surface area (Å²) in [6.45, 7) is 0. The highest BCUT2D eigenvalue weighted by atomic mass is 16.3. The summed E-state index contributed by atoms with van der Waals surface area (Å²) >= 11 is 0. The third-order valence-corrected chi connectivity index (χ3v) is 7.69. The number of aromatic nitrogens is 3. The van der Waals surface area contributed by atoms with Crippen LogP contribution in [0.5, 0.6) is 17.2 Å². The minimum Gasteiger partial charge on any atom is -0.507 e. The standard InChI is InChI=1S/C36H18N6O3/c37-16-19-1-7-25-22(13-19)4-10-28(43)31(25)34-40-35(32-26-8-2-20(17-38)14-23(26)5-11-29(32)44)42-36(41-34)33-27-9-3-21(18-39)15-24(27)6-12-30(33)45/h1-15,43-45H. The topological polar surface area (TPSA) is 171 Å². The molecule has 6 aromatic carbocycles. The largest absolute Gasteiger partial charge is 0.507 e. The Morgan fingerprint density at radius 2 is 0.689 bits per heavy atom. The first-order valence-electron chi connectivity index (χ1n) is 13.6. The Balaban J connectivity index is 1.60. The lowest BCUT2D eigenvalue weighted by atomic mass is 9.98. The number of benzene rings is 6. The van der Waals surface area contributed by atoms with Crippen molar-refractivity contribution < 1.29 is 15.3 Å². The summed E-state index contributed by atoms with van der Waals surface area (Å²) in [5.41, 5.74) is 2.10. The van der Waals surface area contributed by atoms with Gasteiger partial charge in [-0.05, 0) is 86.9 Å². The minimum atomic E-state index is -0.128. The van der Waals surface area contributed by atoms with Crippen LogP contribution in [0.4, 0.5) is 0 Å². The van der Waals surface area contributed by atoms with Gasteiger partial charge in [0.15, 0.2) is 17.5 Å². The molecule has 0 atom stereocenters. The maximum Gasteiger partial charge on any atom is 0.168 e. The zero-order valence-electron chi connectivity index (χ0n) is 23.2. The number of rotatable bonds is 3. The Morgan fingerprint density at radius 1 is 0.400 bits per heavy atom. The zero-order valence-corrected chi connectivity index (χ0v) is 23.2. The van der Waals surface area contributed by atoms with Gasteiger partial charge in [-0.25, -0.2) is 15.0 Å². The van der Waals surface area contributed by atoms with E-state index in [2.05, 4.69) is 18.2 Å². The van der Waals surface area contributed by atoms with Crippen molar-refractivity contribution in [1.29, 1.82) is 15.8 Å². The zero-order chi connectivity index (χ0) is 31.2. The average molecular weight is 583 g/mol. The van der Waals surface area contributed by atoms with Crippen LogP contribution in [-0.4, -0.2) is 30.3 Å². The van der Waals surface area contributed by atoms with Crippen molar-refractivity contribution in [2.24, 2.45) is 0 Å². The molecule has 1 heterocycles. The van der Waals surface area contributed by atoms with Crippen LogP contribution in [0.25, 0.3) is 66.5 Å².